The second-order valence-corrected chi connectivity index (χ2v) is 5.43. The van der Waals surface area contributed by atoms with E-state index in [0.29, 0.717) is 12.6 Å². The molecule has 106 valence electrons. The van der Waals surface area contributed by atoms with Crippen molar-refractivity contribution < 1.29 is 4.79 Å². The van der Waals surface area contributed by atoms with Crippen LogP contribution in [-0.2, 0) is 5.33 Å². The molecule has 1 aromatic carbocycles. The van der Waals surface area contributed by atoms with Gasteiger partial charge in [-0.2, -0.15) is 0 Å². The minimum Gasteiger partial charge on any atom is -0.350 e. The molecule has 19 heavy (non-hydrogen) atoms. The van der Waals surface area contributed by atoms with Crippen LogP contribution in [0.3, 0.4) is 0 Å². The Hall–Kier alpha value is -0.870. The van der Waals surface area contributed by atoms with Crippen molar-refractivity contribution in [1.82, 2.24) is 10.2 Å². The van der Waals surface area contributed by atoms with Crippen molar-refractivity contribution in [2.24, 2.45) is 0 Å². The Kier molecular flexibility index (Phi) is 7.10. The lowest BCUT2D eigenvalue weighted by Gasteiger charge is -2.24. The van der Waals surface area contributed by atoms with E-state index in [1.807, 2.05) is 24.3 Å². The Morgan fingerprint density at radius 2 is 2.00 bits per heavy atom. The summed E-state index contributed by atoms with van der Waals surface area (Å²) in [4.78, 5) is 14.2. The molecule has 0 heterocycles. The molecule has 4 heteroatoms. The normalized spacial score (nSPS) is 12.5. The molecule has 0 bridgehead atoms. The minimum atomic E-state index is -0.00197. The van der Waals surface area contributed by atoms with Gasteiger partial charge in [-0.25, -0.2) is 0 Å². The van der Waals surface area contributed by atoms with Crippen molar-refractivity contribution in [3.05, 3.63) is 35.4 Å². The molecule has 1 atom stereocenters. The molecular formula is C15H23BrN2O. The maximum absolute atomic E-state index is 12.0. The smallest absolute Gasteiger partial charge is 0.251 e. The van der Waals surface area contributed by atoms with Crippen LogP contribution < -0.4 is 5.32 Å². The number of nitrogens with zero attached hydrogens (tertiary/aromatic N) is 1. The number of halogens is 1. The van der Waals surface area contributed by atoms with E-state index in [2.05, 4.69) is 47.0 Å². The molecule has 0 fully saturated rings. The van der Waals surface area contributed by atoms with Crippen LogP contribution in [0.25, 0.3) is 0 Å². The van der Waals surface area contributed by atoms with Crippen LogP contribution in [0.15, 0.2) is 24.3 Å². The van der Waals surface area contributed by atoms with E-state index < -0.39 is 0 Å². The molecule has 0 spiro atoms. The first-order chi connectivity index (χ1) is 9.08. The highest BCUT2D eigenvalue weighted by Gasteiger charge is 2.10. The summed E-state index contributed by atoms with van der Waals surface area (Å²) in [5.74, 6) is -0.00197. The molecule has 0 saturated carbocycles. The number of nitrogens with one attached hydrogen (secondary N) is 1. The first-order valence-corrected chi connectivity index (χ1v) is 7.84. The third-order valence-electron chi connectivity index (χ3n) is 3.26. The summed E-state index contributed by atoms with van der Waals surface area (Å²) in [6, 6.07) is 8.02. The molecule has 0 radical (unpaired) electrons. The van der Waals surface area contributed by atoms with E-state index in [-0.39, 0.29) is 5.91 Å². The van der Waals surface area contributed by atoms with E-state index in [9.17, 15) is 4.79 Å². The summed E-state index contributed by atoms with van der Waals surface area (Å²) >= 11 is 3.39. The second kappa shape index (κ2) is 8.33. The summed E-state index contributed by atoms with van der Waals surface area (Å²) in [6.07, 6.45) is 1.13. The molecule has 0 saturated heterocycles. The third-order valence-corrected chi connectivity index (χ3v) is 3.90. The lowest BCUT2D eigenvalue weighted by atomic mass is 10.1. The van der Waals surface area contributed by atoms with Crippen LogP contribution in [0.1, 0.15) is 36.2 Å². The fourth-order valence-corrected chi connectivity index (χ4v) is 2.19. The van der Waals surface area contributed by atoms with Crippen LogP contribution in [0.5, 0.6) is 0 Å². The quantitative estimate of drug-likeness (QED) is 0.781. The third kappa shape index (κ3) is 5.33. The summed E-state index contributed by atoms with van der Waals surface area (Å²) in [5.41, 5.74) is 1.89. The zero-order chi connectivity index (χ0) is 14.3. The Morgan fingerprint density at radius 1 is 1.37 bits per heavy atom. The van der Waals surface area contributed by atoms with Crippen molar-refractivity contribution in [2.75, 3.05) is 20.1 Å². The molecule has 1 aromatic rings. The number of carbonyl (C=O) groups excluding carboxylic acids is 1. The molecule has 1 rings (SSSR count). The molecule has 3 nitrogen and oxygen atoms in total. The van der Waals surface area contributed by atoms with Gasteiger partial charge in [-0.3, -0.25) is 4.79 Å². The first-order valence-electron chi connectivity index (χ1n) is 6.71. The van der Waals surface area contributed by atoms with Crippen molar-refractivity contribution in [2.45, 2.75) is 31.6 Å². The molecule has 0 aliphatic rings. The topological polar surface area (TPSA) is 32.3 Å². The zero-order valence-corrected chi connectivity index (χ0v) is 13.5. The van der Waals surface area contributed by atoms with Gasteiger partial charge in [-0.05, 0) is 44.6 Å². The lowest BCUT2D eigenvalue weighted by molar-refractivity contribution is 0.0941. The highest BCUT2D eigenvalue weighted by Crippen LogP contribution is 2.08. The highest BCUT2D eigenvalue weighted by molar-refractivity contribution is 9.08. The van der Waals surface area contributed by atoms with Crippen LogP contribution in [0.2, 0.25) is 0 Å². The van der Waals surface area contributed by atoms with Gasteiger partial charge in [-0.1, -0.05) is 35.0 Å². The zero-order valence-electron chi connectivity index (χ0n) is 11.9. The van der Waals surface area contributed by atoms with E-state index in [4.69, 9.17) is 0 Å². The van der Waals surface area contributed by atoms with Crippen LogP contribution >= 0.6 is 15.9 Å². The Morgan fingerprint density at radius 3 is 2.53 bits per heavy atom. The minimum absolute atomic E-state index is 0.00197. The lowest BCUT2D eigenvalue weighted by Crippen LogP contribution is -2.40. The molecular weight excluding hydrogens is 304 g/mol. The molecule has 0 aliphatic heterocycles. The number of alkyl halides is 1. The molecule has 1 unspecified atom stereocenters. The fraction of sp³-hybridized carbons (Fsp3) is 0.533. The van der Waals surface area contributed by atoms with Gasteiger partial charge >= 0.3 is 0 Å². The van der Waals surface area contributed by atoms with Crippen molar-refractivity contribution in [1.29, 1.82) is 0 Å². The van der Waals surface area contributed by atoms with Crippen molar-refractivity contribution in [3.8, 4) is 0 Å². The summed E-state index contributed by atoms with van der Waals surface area (Å²) in [7, 11) is 2.09. The van der Waals surface area contributed by atoms with Gasteiger partial charge in [0.25, 0.3) is 5.91 Å². The number of likely N-dealkylation sites (N-methyl/N-ethyl adjacent to an activating group) is 1. The van der Waals surface area contributed by atoms with E-state index >= 15 is 0 Å². The van der Waals surface area contributed by atoms with E-state index in [1.165, 1.54) is 5.56 Å². The van der Waals surface area contributed by atoms with Gasteiger partial charge in [-0.15, -0.1) is 0 Å². The van der Waals surface area contributed by atoms with Gasteiger partial charge in [0.2, 0.25) is 0 Å². The van der Waals surface area contributed by atoms with Crippen LogP contribution in [0.4, 0.5) is 0 Å². The van der Waals surface area contributed by atoms with Crippen molar-refractivity contribution in [3.63, 3.8) is 0 Å². The van der Waals surface area contributed by atoms with Gasteiger partial charge in [0.05, 0.1) is 0 Å². The van der Waals surface area contributed by atoms with Gasteiger partial charge in [0.15, 0.2) is 0 Å². The summed E-state index contributed by atoms with van der Waals surface area (Å²) in [6.45, 7) is 6.02. The van der Waals surface area contributed by atoms with E-state index in [0.717, 1.165) is 23.9 Å². The number of rotatable bonds is 7. The number of hydrogen-bond donors (Lipinski definition) is 1. The molecule has 1 amide bonds. The average molecular weight is 327 g/mol. The predicted molar refractivity (Wildman–Crippen MR) is 83.8 cm³/mol. The van der Waals surface area contributed by atoms with Gasteiger partial charge in [0.1, 0.15) is 0 Å². The highest BCUT2D eigenvalue weighted by atomic mass is 79.9. The SMILES string of the molecule is CCCN(C)C(C)CNC(=O)c1ccc(CBr)cc1. The first kappa shape index (κ1) is 16.2. The fourth-order valence-electron chi connectivity index (χ4n) is 1.82. The molecule has 0 aliphatic carbocycles. The molecule has 1 N–H and O–H groups in total. The average Bonchev–Trinajstić information content (AvgIpc) is 2.44. The van der Waals surface area contributed by atoms with E-state index in [1.54, 1.807) is 0 Å². The summed E-state index contributed by atoms with van der Waals surface area (Å²) < 4.78 is 0. The Balaban J connectivity index is 2.46. The number of hydrogen-bond acceptors (Lipinski definition) is 2. The standard InChI is InChI=1S/C15H23BrN2O/c1-4-9-18(3)12(2)11-17-15(19)14-7-5-13(10-16)6-8-14/h5-8,12H,4,9-11H2,1-3H3,(H,17,19). The summed E-state index contributed by atoms with van der Waals surface area (Å²) in [5, 5.41) is 3.80. The Bertz CT molecular complexity index is 392. The number of amides is 1. The van der Waals surface area contributed by atoms with Crippen LogP contribution in [0, 0.1) is 0 Å². The van der Waals surface area contributed by atoms with Gasteiger partial charge < -0.3 is 10.2 Å². The number of carbonyl (C=O) groups is 1. The monoisotopic (exact) mass is 326 g/mol. The number of benzene rings is 1. The van der Waals surface area contributed by atoms with Gasteiger partial charge in [0, 0.05) is 23.5 Å². The van der Waals surface area contributed by atoms with Crippen LogP contribution in [-0.4, -0.2) is 37.0 Å². The second-order valence-electron chi connectivity index (χ2n) is 4.87. The predicted octanol–water partition coefficient (Wildman–Crippen LogP) is 3.04. The maximum Gasteiger partial charge on any atom is 0.251 e. The van der Waals surface area contributed by atoms with Crippen molar-refractivity contribution >= 4 is 21.8 Å². The largest absolute Gasteiger partial charge is 0.350 e. The maximum atomic E-state index is 12.0. The molecule has 0 aromatic heterocycles. The Labute approximate surface area is 124 Å².